The number of thiophene rings is 1. The maximum atomic E-state index is 10.7. The molecule has 1 aromatic carbocycles. The van der Waals surface area contributed by atoms with Crippen LogP contribution in [0, 0.1) is 17.0 Å². The number of halogens is 1. The van der Waals surface area contributed by atoms with Gasteiger partial charge >= 0.3 is 0 Å². The van der Waals surface area contributed by atoms with Gasteiger partial charge in [0, 0.05) is 26.4 Å². The van der Waals surface area contributed by atoms with Crippen LogP contribution in [0.15, 0.2) is 34.1 Å². The van der Waals surface area contributed by atoms with Crippen molar-refractivity contribution in [1.29, 1.82) is 0 Å². The standard InChI is InChI=1S/C12H10BrNO3S/c1-8-4-10(2-3-12(8)14(15)16)17-6-11-5-9(13)7-18-11/h2-5,7H,6H2,1H3. The van der Waals surface area contributed by atoms with E-state index in [2.05, 4.69) is 15.9 Å². The van der Waals surface area contributed by atoms with E-state index in [1.165, 1.54) is 6.07 Å². The van der Waals surface area contributed by atoms with Gasteiger partial charge in [0.25, 0.3) is 5.69 Å². The first-order valence-electron chi connectivity index (χ1n) is 5.17. The molecule has 2 aromatic rings. The number of aryl methyl sites for hydroxylation is 1. The Labute approximate surface area is 116 Å². The van der Waals surface area contributed by atoms with E-state index >= 15 is 0 Å². The Balaban J connectivity index is 2.06. The number of nitro benzene ring substituents is 1. The van der Waals surface area contributed by atoms with Crippen LogP contribution in [-0.2, 0) is 6.61 Å². The van der Waals surface area contributed by atoms with Gasteiger partial charge in [-0.15, -0.1) is 11.3 Å². The maximum absolute atomic E-state index is 10.7. The van der Waals surface area contributed by atoms with Crippen molar-refractivity contribution >= 4 is 33.0 Å². The van der Waals surface area contributed by atoms with Gasteiger partial charge in [0.15, 0.2) is 0 Å². The normalized spacial score (nSPS) is 10.3. The average Bonchev–Trinajstić information content (AvgIpc) is 2.72. The molecule has 18 heavy (non-hydrogen) atoms. The lowest BCUT2D eigenvalue weighted by Gasteiger charge is -2.05. The van der Waals surface area contributed by atoms with Crippen molar-refractivity contribution < 1.29 is 9.66 Å². The molecule has 1 heterocycles. The highest BCUT2D eigenvalue weighted by molar-refractivity contribution is 9.10. The molecule has 4 nitrogen and oxygen atoms in total. The van der Waals surface area contributed by atoms with Crippen LogP contribution in [0.3, 0.4) is 0 Å². The molecule has 2 rings (SSSR count). The molecule has 0 amide bonds. The van der Waals surface area contributed by atoms with Crippen molar-refractivity contribution in [2.45, 2.75) is 13.5 Å². The highest BCUT2D eigenvalue weighted by atomic mass is 79.9. The quantitative estimate of drug-likeness (QED) is 0.621. The van der Waals surface area contributed by atoms with Gasteiger partial charge in [-0.1, -0.05) is 0 Å². The molecule has 0 aliphatic carbocycles. The summed E-state index contributed by atoms with van der Waals surface area (Å²) in [5.74, 6) is 0.641. The minimum Gasteiger partial charge on any atom is -0.488 e. The van der Waals surface area contributed by atoms with E-state index in [0.29, 0.717) is 17.9 Å². The molecule has 94 valence electrons. The summed E-state index contributed by atoms with van der Waals surface area (Å²) >= 11 is 4.98. The summed E-state index contributed by atoms with van der Waals surface area (Å²) in [7, 11) is 0. The zero-order valence-electron chi connectivity index (χ0n) is 9.55. The van der Waals surface area contributed by atoms with Crippen molar-refractivity contribution in [2.24, 2.45) is 0 Å². The van der Waals surface area contributed by atoms with Crippen molar-refractivity contribution in [2.75, 3.05) is 0 Å². The Kier molecular flexibility index (Phi) is 3.98. The van der Waals surface area contributed by atoms with E-state index in [1.807, 2.05) is 11.4 Å². The molecule has 0 aliphatic heterocycles. The van der Waals surface area contributed by atoms with E-state index in [-0.39, 0.29) is 5.69 Å². The molecule has 6 heteroatoms. The van der Waals surface area contributed by atoms with E-state index in [9.17, 15) is 10.1 Å². The fourth-order valence-corrected chi connectivity index (χ4v) is 2.87. The molecule has 0 bridgehead atoms. The molecule has 0 aliphatic rings. The monoisotopic (exact) mass is 327 g/mol. The molecule has 0 spiro atoms. The second-order valence-electron chi connectivity index (χ2n) is 3.73. The van der Waals surface area contributed by atoms with Crippen molar-refractivity contribution in [3.05, 3.63) is 54.7 Å². The van der Waals surface area contributed by atoms with Gasteiger partial charge in [-0.2, -0.15) is 0 Å². The van der Waals surface area contributed by atoms with Crippen LogP contribution in [0.2, 0.25) is 0 Å². The summed E-state index contributed by atoms with van der Waals surface area (Å²) in [5, 5.41) is 12.7. The number of hydrogen-bond donors (Lipinski definition) is 0. The molecule has 0 atom stereocenters. The maximum Gasteiger partial charge on any atom is 0.272 e. The van der Waals surface area contributed by atoms with Gasteiger partial charge < -0.3 is 4.74 Å². The zero-order chi connectivity index (χ0) is 13.1. The number of ether oxygens (including phenoxy) is 1. The molecule has 0 radical (unpaired) electrons. The second kappa shape index (κ2) is 5.49. The molecule has 0 saturated heterocycles. The Morgan fingerprint density at radius 2 is 2.22 bits per heavy atom. The molecule has 0 unspecified atom stereocenters. The topological polar surface area (TPSA) is 52.4 Å². The summed E-state index contributed by atoms with van der Waals surface area (Å²) in [6, 6.07) is 6.76. The molecule has 0 fully saturated rings. The van der Waals surface area contributed by atoms with Gasteiger partial charge in [0.2, 0.25) is 0 Å². The third kappa shape index (κ3) is 3.08. The first kappa shape index (κ1) is 13.0. The van der Waals surface area contributed by atoms with Crippen LogP contribution in [0.4, 0.5) is 5.69 Å². The third-order valence-electron chi connectivity index (χ3n) is 2.37. The number of nitrogens with zero attached hydrogens (tertiary/aromatic N) is 1. The molecule has 1 aromatic heterocycles. The van der Waals surface area contributed by atoms with Gasteiger partial charge in [-0.3, -0.25) is 10.1 Å². The van der Waals surface area contributed by atoms with Crippen LogP contribution in [0.5, 0.6) is 5.75 Å². The zero-order valence-corrected chi connectivity index (χ0v) is 12.0. The minimum atomic E-state index is -0.393. The summed E-state index contributed by atoms with van der Waals surface area (Å²) in [5.41, 5.74) is 0.714. The fraction of sp³-hybridized carbons (Fsp3) is 0.167. The van der Waals surface area contributed by atoms with E-state index < -0.39 is 4.92 Å². The Bertz CT molecular complexity index is 582. The van der Waals surface area contributed by atoms with Gasteiger partial charge in [0.05, 0.1) is 4.92 Å². The van der Waals surface area contributed by atoms with Crippen LogP contribution in [0.1, 0.15) is 10.4 Å². The first-order valence-corrected chi connectivity index (χ1v) is 6.84. The summed E-state index contributed by atoms with van der Waals surface area (Å²) in [4.78, 5) is 11.4. The second-order valence-corrected chi connectivity index (χ2v) is 5.64. The first-order chi connectivity index (χ1) is 8.56. The Morgan fingerprint density at radius 3 is 2.78 bits per heavy atom. The lowest BCUT2D eigenvalue weighted by molar-refractivity contribution is -0.385. The Morgan fingerprint density at radius 1 is 1.44 bits per heavy atom. The van der Waals surface area contributed by atoms with Gasteiger partial charge in [-0.25, -0.2) is 0 Å². The number of rotatable bonds is 4. The van der Waals surface area contributed by atoms with E-state index in [4.69, 9.17) is 4.74 Å². The van der Waals surface area contributed by atoms with Crippen molar-refractivity contribution in [1.82, 2.24) is 0 Å². The lowest BCUT2D eigenvalue weighted by Crippen LogP contribution is -1.95. The number of hydrogen-bond acceptors (Lipinski definition) is 4. The molecule has 0 saturated carbocycles. The van der Waals surface area contributed by atoms with Crippen LogP contribution in [0.25, 0.3) is 0 Å². The fourth-order valence-electron chi connectivity index (χ4n) is 1.51. The van der Waals surface area contributed by atoms with Crippen molar-refractivity contribution in [3.8, 4) is 5.75 Å². The summed E-state index contributed by atoms with van der Waals surface area (Å²) < 4.78 is 6.62. The summed E-state index contributed by atoms with van der Waals surface area (Å²) in [6.07, 6.45) is 0. The Hall–Kier alpha value is -1.40. The average molecular weight is 328 g/mol. The highest BCUT2D eigenvalue weighted by Crippen LogP contribution is 2.25. The SMILES string of the molecule is Cc1cc(OCc2cc(Br)cs2)ccc1[N+](=O)[O-]. The number of benzene rings is 1. The highest BCUT2D eigenvalue weighted by Gasteiger charge is 2.10. The van der Waals surface area contributed by atoms with E-state index in [0.717, 1.165) is 9.35 Å². The van der Waals surface area contributed by atoms with Crippen LogP contribution in [-0.4, -0.2) is 4.92 Å². The molecular weight excluding hydrogens is 318 g/mol. The smallest absolute Gasteiger partial charge is 0.272 e. The minimum absolute atomic E-state index is 0.112. The van der Waals surface area contributed by atoms with Gasteiger partial charge in [-0.05, 0) is 41.1 Å². The largest absolute Gasteiger partial charge is 0.488 e. The predicted molar refractivity (Wildman–Crippen MR) is 74.2 cm³/mol. The summed E-state index contributed by atoms with van der Waals surface area (Å²) in [6.45, 7) is 2.17. The predicted octanol–water partition coefficient (Wildman–Crippen LogP) is 4.31. The van der Waals surface area contributed by atoms with Gasteiger partial charge in [0.1, 0.15) is 12.4 Å². The van der Waals surface area contributed by atoms with Crippen molar-refractivity contribution in [3.63, 3.8) is 0 Å². The van der Waals surface area contributed by atoms with Crippen LogP contribution < -0.4 is 4.74 Å². The lowest BCUT2D eigenvalue weighted by atomic mass is 10.2. The van der Waals surface area contributed by atoms with E-state index in [1.54, 1.807) is 30.4 Å². The number of nitro groups is 1. The molecule has 0 N–H and O–H groups in total. The van der Waals surface area contributed by atoms with Crippen LogP contribution >= 0.6 is 27.3 Å². The molecular formula is C12H10BrNO3S. The third-order valence-corrected chi connectivity index (χ3v) is 4.04.